The van der Waals surface area contributed by atoms with Crippen molar-refractivity contribution in [1.82, 2.24) is 0 Å². The summed E-state index contributed by atoms with van der Waals surface area (Å²) >= 11 is -0.0686. The number of rotatable bonds is 2. The zero-order valence-electron chi connectivity index (χ0n) is 11.3. The molecule has 0 saturated carbocycles. The van der Waals surface area contributed by atoms with E-state index in [9.17, 15) is 10.2 Å². The molecule has 92 valence electrons. The Hall–Kier alpha value is 0.757. The fourth-order valence-electron chi connectivity index (χ4n) is 1.31. The van der Waals surface area contributed by atoms with Crippen molar-refractivity contribution in [1.29, 1.82) is 0 Å². The van der Waals surface area contributed by atoms with Crippen molar-refractivity contribution in [3.8, 4) is 11.5 Å². The molecule has 2 aromatic rings. The fraction of sp³-hybridized carbons (Fsp3) is 0. The molecular weight excluding hydrogens is 400 g/mol. The maximum Gasteiger partial charge on any atom is 1.00 e. The van der Waals surface area contributed by atoms with Gasteiger partial charge >= 0.3 is 175 Å². The molecule has 0 aromatic heterocycles. The SMILES string of the molecule is Nc1cc([As]=[As]c2ccc([O-])c(N)c2)ccc1[O-].[Na+].[Na+]. The predicted molar refractivity (Wildman–Crippen MR) is 71.4 cm³/mol. The summed E-state index contributed by atoms with van der Waals surface area (Å²) in [4.78, 5) is 0. The van der Waals surface area contributed by atoms with Crippen LogP contribution in [-0.2, 0) is 0 Å². The molecule has 4 N–H and O–H groups in total. The molecule has 0 aliphatic rings. The Bertz CT molecular complexity index is 571. The van der Waals surface area contributed by atoms with Crippen molar-refractivity contribution >= 4 is 46.4 Å². The van der Waals surface area contributed by atoms with E-state index in [1.54, 1.807) is 12.1 Å². The van der Waals surface area contributed by atoms with Crippen LogP contribution in [0, 0.1) is 0 Å². The van der Waals surface area contributed by atoms with Crippen LogP contribution in [0.1, 0.15) is 0 Å². The summed E-state index contributed by atoms with van der Waals surface area (Å²) < 4.78 is 2.27. The first-order chi connectivity index (χ1) is 8.56. The second-order valence-corrected chi connectivity index (χ2v) is 11.0. The standard InChI is InChI=1S/C12H12As2N2O2.2Na/c15-9-5-7(1-3-11(9)17)13-14-8-2-4-12(18)10(16)6-8;;/h1-6,17-18H,15-16H2;;/q;2*+1/p-2. The number of nitrogens with two attached hydrogens (primary N) is 2. The third-order valence-electron chi connectivity index (χ3n) is 2.27. The molecule has 0 bridgehead atoms. The molecule has 0 unspecified atom stereocenters. The summed E-state index contributed by atoms with van der Waals surface area (Å²) in [5.41, 5.74) is 11.8. The number of nitrogen functional groups attached to an aromatic ring is 2. The Morgan fingerprint density at radius 3 is 1.35 bits per heavy atom. The van der Waals surface area contributed by atoms with Gasteiger partial charge < -0.3 is 0 Å². The molecule has 2 aromatic carbocycles. The molecule has 8 heteroatoms. The van der Waals surface area contributed by atoms with Crippen LogP contribution >= 0.6 is 0 Å². The van der Waals surface area contributed by atoms with Gasteiger partial charge in [0.1, 0.15) is 0 Å². The van der Waals surface area contributed by atoms with Crippen LogP contribution in [0.25, 0.3) is 0 Å². The summed E-state index contributed by atoms with van der Waals surface area (Å²) in [6, 6.07) is 10.2. The molecule has 2 rings (SSSR count). The third-order valence-corrected chi connectivity index (χ3v) is 10.7. The number of benzene rings is 2. The maximum absolute atomic E-state index is 11.2. The van der Waals surface area contributed by atoms with Crippen molar-refractivity contribution in [3.63, 3.8) is 0 Å². The van der Waals surface area contributed by atoms with E-state index in [-0.39, 0.29) is 96.9 Å². The average Bonchev–Trinajstić information content (AvgIpc) is 2.35. The summed E-state index contributed by atoms with van der Waals surface area (Å²) in [5, 5.41) is 22.3. The number of hydrogen-bond donors (Lipinski definition) is 2. The van der Waals surface area contributed by atoms with Crippen LogP contribution < -0.4 is 89.5 Å². The third kappa shape index (κ3) is 5.86. The molecule has 0 aliphatic heterocycles. The van der Waals surface area contributed by atoms with Gasteiger partial charge in [0, 0.05) is 0 Å². The molecular formula is C12H10As2N2Na2O2. The normalized spacial score (nSPS) is 9.80. The zero-order valence-corrected chi connectivity index (χ0v) is 19.1. The van der Waals surface area contributed by atoms with Crippen LogP contribution in [0.5, 0.6) is 11.5 Å². The van der Waals surface area contributed by atoms with Gasteiger partial charge in [-0.25, -0.2) is 0 Å². The Morgan fingerprint density at radius 2 is 1.05 bits per heavy atom. The van der Waals surface area contributed by atoms with E-state index in [2.05, 4.69) is 0 Å². The van der Waals surface area contributed by atoms with Gasteiger partial charge in [-0.05, 0) is 0 Å². The number of anilines is 2. The van der Waals surface area contributed by atoms with E-state index in [4.69, 9.17) is 11.5 Å². The molecule has 0 radical (unpaired) electrons. The molecule has 4 nitrogen and oxygen atoms in total. The fourth-order valence-corrected chi connectivity index (χ4v) is 8.44. The van der Waals surface area contributed by atoms with Crippen LogP contribution in [0.3, 0.4) is 0 Å². The first-order valence-corrected chi connectivity index (χ1v) is 12.2. The van der Waals surface area contributed by atoms with Crippen LogP contribution in [0.4, 0.5) is 11.4 Å². The van der Waals surface area contributed by atoms with Crippen molar-refractivity contribution < 1.29 is 69.3 Å². The van der Waals surface area contributed by atoms with E-state index in [1.165, 1.54) is 12.1 Å². The molecule has 0 atom stereocenters. The van der Waals surface area contributed by atoms with E-state index < -0.39 is 0 Å². The minimum atomic E-state index is -0.129. The van der Waals surface area contributed by atoms with Crippen molar-refractivity contribution in [2.45, 2.75) is 0 Å². The van der Waals surface area contributed by atoms with Gasteiger partial charge in [-0.1, -0.05) is 0 Å². The summed E-state index contributed by atoms with van der Waals surface area (Å²) in [7, 11) is 0. The Kier molecular flexibility index (Phi) is 10.1. The molecule has 0 spiro atoms. The first-order valence-electron chi connectivity index (χ1n) is 5.11. The van der Waals surface area contributed by atoms with Gasteiger partial charge in [0.2, 0.25) is 0 Å². The van der Waals surface area contributed by atoms with Gasteiger partial charge in [0.25, 0.3) is 0 Å². The minimum absolute atomic E-state index is 0. The monoisotopic (exact) mass is 410 g/mol. The summed E-state index contributed by atoms with van der Waals surface area (Å²) in [5.74, 6) is -0.257. The molecule has 0 saturated heterocycles. The molecule has 0 amide bonds. The van der Waals surface area contributed by atoms with Crippen molar-refractivity contribution in [2.24, 2.45) is 0 Å². The van der Waals surface area contributed by atoms with Gasteiger partial charge in [-0.15, -0.1) is 0 Å². The topological polar surface area (TPSA) is 98.2 Å². The predicted octanol–water partition coefficient (Wildman–Crippen LogP) is -7.72. The Labute approximate surface area is 172 Å². The molecule has 20 heavy (non-hydrogen) atoms. The summed E-state index contributed by atoms with van der Waals surface area (Å²) in [6.07, 6.45) is 0. The van der Waals surface area contributed by atoms with Gasteiger partial charge in [-0.3, -0.25) is 0 Å². The number of hydrogen-bond acceptors (Lipinski definition) is 4. The molecule has 0 fully saturated rings. The van der Waals surface area contributed by atoms with Crippen molar-refractivity contribution in [3.05, 3.63) is 36.4 Å². The van der Waals surface area contributed by atoms with Gasteiger partial charge in [0.05, 0.1) is 0 Å². The van der Waals surface area contributed by atoms with E-state index in [1.807, 2.05) is 12.1 Å². The van der Waals surface area contributed by atoms with Crippen molar-refractivity contribution in [2.75, 3.05) is 11.5 Å². The van der Waals surface area contributed by atoms with Crippen LogP contribution in [0.15, 0.2) is 36.4 Å². The van der Waals surface area contributed by atoms with Gasteiger partial charge in [0.15, 0.2) is 0 Å². The summed E-state index contributed by atoms with van der Waals surface area (Å²) in [6.45, 7) is 0. The zero-order chi connectivity index (χ0) is 13.1. The van der Waals surface area contributed by atoms with Crippen LogP contribution in [0.2, 0.25) is 0 Å². The smallest absolute Gasteiger partial charge is 1.00 e. The second-order valence-electron chi connectivity index (χ2n) is 3.64. The quantitative estimate of drug-likeness (QED) is 0.380. The minimum Gasteiger partial charge on any atom is 1.00 e. The second kappa shape index (κ2) is 9.71. The van der Waals surface area contributed by atoms with E-state index >= 15 is 0 Å². The molecule has 0 heterocycles. The van der Waals surface area contributed by atoms with Crippen LogP contribution in [-0.4, -0.2) is 26.3 Å². The van der Waals surface area contributed by atoms with E-state index in [0.717, 1.165) is 8.70 Å². The average molecular weight is 410 g/mol. The molecule has 0 aliphatic carbocycles. The Morgan fingerprint density at radius 1 is 0.700 bits per heavy atom. The Balaban J connectivity index is 0.00000180. The largest absolute Gasteiger partial charge is 1.00 e. The van der Waals surface area contributed by atoms with E-state index in [0.29, 0.717) is 11.4 Å². The first kappa shape index (κ1) is 20.8. The maximum atomic E-state index is 11.2. The van der Waals surface area contributed by atoms with Gasteiger partial charge in [-0.2, -0.15) is 0 Å².